The van der Waals surface area contributed by atoms with Crippen molar-refractivity contribution in [3.05, 3.63) is 85.6 Å². The van der Waals surface area contributed by atoms with Crippen molar-refractivity contribution in [3.63, 3.8) is 0 Å². The van der Waals surface area contributed by atoms with Gasteiger partial charge in [0.2, 0.25) is 5.95 Å². The SMILES string of the molecule is c1ccc(-c2cnc(N3CCN(c4ncccn4)CC3)cc2-c2ccncc2)cc1. The number of pyridine rings is 2. The molecule has 1 fully saturated rings. The summed E-state index contributed by atoms with van der Waals surface area (Å²) in [7, 11) is 0. The van der Waals surface area contributed by atoms with Gasteiger partial charge in [-0.2, -0.15) is 0 Å². The number of hydrogen-bond acceptors (Lipinski definition) is 6. The fourth-order valence-corrected chi connectivity index (χ4v) is 3.83. The summed E-state index contributed by atoms with van der Waals surface area (Å²) in [5.41, 5.74) is 4.60. The molecule has 1 saturated heterocycles. The maximum atomic E-state index is 4.82. The van der Waals surface area contributed by atoms with Gasteiger partial charge < -0.3 is 9.80 Å². The fraction of sp³-hybridized carbons (Fsp3) is 0.167. The summed E-state index contributed by atoms with van der Waals surface area (Å²) < 4.78 is 0. The average molecular weight is 394 g/mol. The number of rotatable bonds is 4. The predicted octanol–water partition coefficient (Wildman–Crippen LogP) is 3.93. The van der Waals surface area contributed by atoms with Crippen LogP contribution in [0.1, 0.15) is 0 Å². The maximum absolute atomic E-state index is 4.82. The molecule has 1 aliphatic heterocycles. The molecule has 6 nitrogen and oxygen atoms in total. The van der Waals surface area contributed by atoms with Gasteiger partial charge in [0, 0.05) is 62.7 Å². The molecule has 3 aromatic heterocycles. The summed E-state index contributed by atoms with van der Waals surface area (Å²) in [4.78, 5) is 22.3. The van der Waals surface area contributed by atoms with Crippen LogP contribution in [0.5, 0.6) is 0 Å². The summed E-state index contributed by atoms with van der Waals surface area (Å²) in [5.74, 6) is 1.79. The smallest absolute Gasteiger partial charge is 0.225 e. The molecule has 4 heterocycles. The highest BCUT2D eigenvalue weighted by Crippen LogP contribution is 2.34. The van der Waals surface area contributed by atoms with Crippen LogP contribution in [0.3, 0.4) is 0 Å². The molecule has 0 bridgehead atoms. The Hall–Kier alpha value is -3.80. The number of piperazine rings is 1. The summed E-state index contributed by atoms with van der Waals surface area (Å²) in [6.45, 7) is 3.50. The first-order valence-corrected chi connectivity index (χ1v) is 10.1. The maximum Gasteiger partial charge on any atom is 0.225 e. The number of anilines is 2. The second-order valence-corrected chi connectivity index (χ2v) is 7.21. The van der Waals surface area contributed by atoms with Crippen LogP contribution in [0.15, 0.2) is 85.6 Å². The van der Waals surface area contributed by atoms with Crippen LogP contribution < -0.4 is 9.80 Å². The van der Waals surface area contributed by atoms with Gasteiger partial charge in [-0.3, -0.25) is 4.98 Å². The minimum atomic E-state index is 0.794. The molecule has 0 saturated carbocycles. The van der Waals surface area contributed by atoms with E-state index >= 15 is 0 Å². The highest BCUT2D eigenvalue weighted by atomic mass is 15.3. The zero-order valence-corrected chi connectivity index (χ0v) is 16.6. The van der Waals surface area contributed by atoms with E-state index in [0.717, 1.165) is 54.6 Å². The first kappa shape index (κ1) is 18.2. The van der Waals surface area contributed by atoms with Crippen LogP contribution >= 0.6 is 0 Å². The minimum Gasteiger partial charge on any atom is -0.353 e. The van der Waals surface area contributed by atoms with Crippen molar-refractivity contribution in [2.24, 2.45) is 0 Å². The fourth-order valence-electron chi connectivity index (χ4n) is 3.83. The normalized spacial score (nSPS) is 14.0. The Morgan fingerprint density at radius 3 is 2.00 bits per heavy atom. The summed E-state index contributed by atoms with van der Waals surface area (Å²) in [6.07, 6.45) is 9.25. The largest absolute Gasteiger partial charge is 0.353 e. The van der Waals surface area contributed by atoms with Crippen LogP contribution in [0.4, 0.5) is 11.8 Å². The molecule has 0 N–H and O–H groups in total. The van der Waals surface area contributed by atoms with Crippen LogP contribution in [0.2, 0.25) is 0 Å². The van der Waals surface area contributed by atoms with Crippen molar-refractivity contribution in [2.45, 2.75) is 0 Å². The molecule has 0 unspecified atom stereocenters. The Morgan fingerprint density at radius 2 is 1.27 bits per heavy atom. The van der Waals surface area contributed by atoms with Crippen molar-refractivity contribution >= 4 is 11.8 Å². The lowest BCUT2D eigenvalue weighted by molar-refractivity contribution is 0.635. The van der Waals surface area contributed by atoms with E-state index in [1.54, 1.807) is 12.4 Å². The summed E-state index contributed by atoms with van der Waals surface area (Å²) in [6, 6.07) is 18.6. The van der Waals surface area contributed by atoms with Crippen molar-refractivity contribution < 1.29 is 0 Å². The van der Waals surface area contributed by atoms with E-state index in [4.69, 9.17) is 4.98 Å². The van der Waals surface area contributed by atoms with Crippen LogP contribution in [-0.4, -0.2) is 46.1 Å². The lowest BCUT2D eigenvalue weighted by atomic mass is 9.97. The monoisotopic (exact) mass is 394 g/mol. The number of aromatic nitrogens is 4. The summed E-state index contributed by atoms with van der Waals surface area (Å²) in [5, 5.41) is 0. The number of benzene rings is 1. The molecule has 6 heteroatoms. The minimum absolute atomic E-state index is 0.794. The first-order valence-electron chi connectivity index (χ1n) is 10.1. The third kappa shape index (κ3) is 3.72. The topological polar surface area (TPSA) is 58.0 Å². The van der Waals surface area contributed by atoms with Crippen LogP contribution in [-0.2, 0) is 0 Å². The quantitative estimate of drug-likeness (QED) is 0.523. The highest BCUT2D eigenvalue weighted by molar-refractivity contribution is 5.84. The Labute approximate surface area is 175 Å². The highest BCUT2D eigenvalue weighted by Gasteiger charge is 2.21. The van der Waals surface area contributed by atoms with Crippen molar-refractivity contribution in [3.8, 4) is 22.3 Å². The zero-order chi connectivity index (χ0) is 20.2. The van der Waals surface area contributed by atoms with Gasteiger partial charge in [0.05, 0.1) is 0 Å². The predicted molar refractivity (Wildman–Crippen MR) is 119 cm³/mol. The van der Waals surface area contributed by atoms with Crippen molar-refractivity contribution in [1.29, 1.82) is 0 Å². The van der Waals surface area contributed by atoms with Gasteiger partial charge in [-0.1, -0.05) is 30.3 Å². The third-order valence-electron chi connectivity index (χ3n) is 5.40. The lowest BCUT2D eigenvalue weighted by Crippen LogP contribution is -2.47. The van der Waals surface area contributed by atoms with Gasteiger partial charge in [-0.25, -0.2) is 15.0 Å². The second kappa shape index (κ2) is 8.29. The van der Waals surface area contributed by atoms with E-state index < -0.39 is 0 Å². The molecule has 1 aliphatic rings. The Balaban J connectivity index is 1.44. The zero-order valence-electron chi connectivity index (χ0n) is 16.6. The Kier molecular flexibility index (Phi) is 5.04. The molecule has 4 aromatic rings. The molecule has 0 atom stereocenters. The van der Waals surface area contributed by atoms with Crippen LogP contribution in [0.25, 0.3) is 22.3 Å². The van der Waals surface area contributed by atoms with E-state index in [9.17, 15) is 0 Å². The lowest BCUT2D eigenvalue weighted by Gasteiger charge is -2.35. The average Bonchev–Trinajstić information content (AvgIpc) is 2.85. The molecule has 0 aliphatic carbocycles. The van der Waals surface area contributed by atoms with E-state index in [1.165, 1.54) is 5.56 Å². The molecular formula is C24H22N6. The molecule has 0 spiro atoms. The molecule has 148 valence electrons. The standard InChI is InChI=1S/C24H22N6/c1-2-5-19(6-3-1)22-18-28-23(17-21(22)20-7-11-25-12-8-20)29-13-15-30(16-14-29)24-26-9-4-10-27-24/h1-12,17-18H,13-16H2. The second-order valence-electron chi connectivity index (χ2n) is 7.21. The van der Waals surface area contributed by atoms with Crippen molar-refractivity contribution in [1.82, 2.24) is 19.9 Å². The molecular weight excluding hydrogens is 372 g/mol. The molecule has 5 rings (SSSR count). The first-order chi connectivity index (χ1) is 14.9. The number of nitrogens with zero attached hydrogens (tertiary/aromatic N) is 6. The number of hydrogen-bond donors (Lipinski definition) is 0. The molecule has 0 radical (unpaired) electrons. The molecule has 1 aromatic carbocycles. The molecule has 0 amide bonds. The van der Waals surface area contributed by atoms with Gasteiger partial charge in [-0.15, -0.1) is 0 Å². The van der Waals surface area contributed by atoms with E-state index in [0.29, 0.717) is 0 Å². The van der Waals surface area contributed by atoms with E-state index in [1.807, 2.05) is 30.7 Å². The Bertz CT molecular complexity index is 1090. The molecule has 30 heavy (non-hydrogen) atoms. The van der Waals surface area contributed by atoms with Gasteiger partial charge >= 0.3 is 0 Å². The van der Waals surface area contributed by atoms with E-state index in [2.05, 4.69) is 67.2 Å². The van der Waals surface area contributed by atoms with E-state index in [-0.39, 0.29) is 0 Å². The van der Waals surface area contributed by atoms with Crippen LogP contribution in [0, 0.1) is 0 Å². The van der Waals surface area contributed by atoms with Gasteiger partial charge in [-0.05, 0) is 41.0 Å². The summed E-state index contributed by atoms with van der Waals surface area (Å²) >= 11 is 0. The Morgan fingerprint density at radius 1 is 0.600 bits per heavy atom. The van der Waals surface area contributed by atoms with Gasteiger partial charge in [0.15, 0.2) is 0 Å². The van der Waals surface area contributed by atoms with Gasteiger partial charge in [0.1, 0.15) is 5.82 Å². The third-order valence-corrected chi connectivity index (χ3v) is 5.40. The van der Waals surface area contributed by atoms with Gasteiger partial charge in [0.25, 0.3) is 0 Å². The van der Waals surface area contributed by atoms with Crippen molar-refractivity contribution in [2.75, 3.05) is 36.0 Å².